The molecule has 0 saturated heterocycles. The Morgan fingerprint density at radius 2 is 1.86 bits per heavy atom. The first-order valence-electron chi connectivity index (χ1n) is 7.17. The molecule has 0 bridgehead atoms. The van der Waals surface area contributed by atoms with Crippen LogP contribution >= 0.6 is 23.7 Å². The molecule has 0 aliphatic heterocycles. The third kappa shape index (κ3) is 3.80. The molecule has 3 aromatic rings. The lowest BCUT2D eigenvalue weighted by atomic mass is 10.1. The molecule has 3 rings (SSSR count). The van der Waals surface area contributed by atoms with Crippen LogP contribution in [0.4, 0.5) is 0 Å². The standard InChI is InChI=1S/C18H19NOS.ClH/c1-19-12-15(18-10-5-11-21-18)13-20-17-9-4-7-14-6-2-3-8-16(14)17;/h2-11,15,19H,12-13H2,1H3;1H/t15-;/m0./s1. The number of likely N-dealkylation sites (N-methyl/N-ethyl adjacent to an activating group) is 1. The monoisotopic (exact) mass is 333 g/mol. The van der Waals surface area contributed by atoms with E-state index in [4.69, 9.17) is 4.74 Å². The molecule has 1 atom stereocenters. The van der Waals surface area contributed by atoms with Crippen molar-refractivity contribution < 1.29 is 4.74 Å². The first kappa shape index (κ1) is 16.8. The minimum atomic E-state index is 0. The second-order valence-corrected chi connectivity index (χ2v) is 6.04. The lowest BCUT2D eigenvalue weighted by Crippen LogP contribution is -2.22. The number of halogens is 1. The maximum Gasteiger partial charge on any atom is 0.127 e. The Morgan fingerprint density at radius 3 is 2.64 bits per heavy atom. The lowest BCUT2D eigenvalue weighted by molar-refractivity contribution is 0.290. The Morgan fingerprint density at radius 1 is 1.05 bits per heavy atom. The smallest absolute Gasteiger partial charge is 0.127 e. The fourth-order valence-electron chi connectivity index (χ4n) is 2.52. The number of rotatable bonds is 6. The van der Waals surface area contributed by atoms with Gasteiger partial charge in [0.2, 0.25) is 0 Å². The Labute approximate surface area is 141 Å². The number of benzene rings is 2. The summed E-state index contributed by atoms with van der Waals surface area (Å²) in [6.45, 7) is 1.61. The van der Waals surface area contributed by atoms with E-state index in [-0.39, 0.29) is 12.4 Å². The van der Waals surface area contributed by atoms with Crippen LogP contribution in [0.3, 0.4) is 0 Å². The Hall–Kier alpha value is -1.55. The third-order valence-corrected chi connectivity index (χ3v) is 4.62. The van der Waals surface area contributed by atoms with E-state index in [2.05, 4.69) is 59.2 Å². The predicted molar refractivity (Wildman–Crippen MR) is 97.7 cm³/mol. The SMILES string of the molecule is CNC[C@@H](COc1cccc2ccccc12)c1cccs1.Cl. The van der Waals surface area contributed by atoms with Crippen LogP contribution in [0.1, 0.15) is 10.8 Å². The van der Waals surface area contributed by atoms with Gasteiger partial charge in [-0.05, 0) is 29.9 Å². The first-order valence-corrected chi connectivity index (χ1v) is 8.05. The summed E-state index contributed by atoms with van der Waals surface area (Å²) in [6.07, 6.45) is 0. The zero-order chi connectivity index (χ0) is 14.5. The zero-order valence-electron chi connectivity index (χ0n) is 12.5. The van der Waals surface area contributed by atoms with Crippen molar-refractivity contribution in [3.63, 3.8) is 0 Å². The van der Waals surface area contributed by atoms with Crippen molar-refractivity contribution in [1.29, 1.82) is 0 Å². The average molecular weight is 334 g/mol. The van der Waals surface area contributed by atoms with Crippen molar-refractivity contribution in [2.45, 2.75) is 5.92 Å². The van der Waals surface area contributed by atoms with Gasteiger partial charge in [-0.25, -0.2) is 0 Å². The van der Waals surface area contributed by atoms with Gasteiger partial charge in [-0.3, -0.25) is 0 Å². The molecule has 0 saturated carbocycles. The molecule has 2 nitrogen and oxygen atoms in total. The van der Waals surface area contributed by atoms with Gasteiger partial charge in [-0.2, -0.15) is 0 Å². The number of hydrogen-bond acceptors (Lipinski definition) is 3. The molecule has 2 aromatic carbocycles. The molecule has 0 spiro atoms. The molecular weight excluding hydrogens is 314 g/mol. The van der Waals surface area contributed by atoms with Gasteiger partial charge in [-0.15, -0.1) is 23.7 Å². The average Bonchev–Trinajstić information content (AvgIpc) is 3.05. The first-order chi connectivity index (χ1) is 10.4. The second kappa shape index (κ2) is 8.18. The molecule has 1 heterocycles. The fourth-order valence-corrected chi connectivity index (χ4v) is 3.34. The highest BCUT2D eigenvalue weighted by Crippen LogP contribution is 2.27. The van der Waals surface area contributed by atoms with Crippen molar-refractivity contribution in [2.75, 3.05) is 20.2 Å². The molecular formula is C18H20ClNOS. The summed E-state index contributed by atoms with van der Waals surface area (Å²) in [5, 5.41) is 7.77. The Balaban J connectivity index is 0.00000176. The van der Waals surface area contributed by atoms with E-state index in [1.807, 2.05) is 13.1 Å². The number of ether oxygens (including phenoxy) is 1. The number of thiophene rings is 1. The third-order valence-electron chi connectivity index (χ3n) is 3.59. The van der Waals surface area contributed by atoms with Gasteiger partial charge in [0.05, 0.1) is 6.61 Å². The van der Waals surface area contributed by atoms with Crippen LogP contribution in [0.2, 0.25) is 0 Å². The van der Waals surface area contributed by atoms with Crippen molar-refractivity contribution >= 4 is 34.5 Å². The number of hydrogen-bond donors (Lipinski definition) is 1. The largest absolute Gasteiger partial charge is 0.492 e. The lowest BCUT2D eigenvalue weighted by Gasteiger charge is -2.17. The van der Waals surface area contributed by atoms with E-state index in [0.29, 0.717) is 12.5 Å². The summed E-state index contributed by atoms with van der Waals surface area (Å²) in [4.78, 5) is 1.37. The summed E-state index contributed by atoms with van der Waals surface area (Å²) in [6, 6.07) is 18.8. The van der Waals surface area contributed by atoms with Gasteiger partial charge in [0.25, 0.3) is 0 Å². The Kier molecular flexibility index (Phi) is 6.25. The van der Waals surface area contributed by atoms with Crippen LogP contribution in [0.15, 0.2) is 60.0 Å². The van der Waals surface area contributed by atoms with Crippen LogP contribution in [0, 0.1) is 0 Å². The molecule has 1 aromatic heterocycles. The summed E-state index contributed by atoms with van der Waals surface area (Å²) < 4.78 is 6.12. The van der Waals surface area contributed by atoms with E-state index in [0.717, 1.165) is 12.3 Å². The van der Waals surface area contributed by atoms with Crippen LogP contribution in [-0.2, 0) is 0 Å². The molecule has 0 amide bonds. The van der Waals surface area contributed by atoms with Crippen molar-refractivity contribution in [3.8, 4) is 5.75 Å². The van der Waals surface area contributed by atoms with Gasteiger partial charge in [0.1, 0.15) is 5.75 Å². The molecule has 1 N–H and O–H groups in total. The van der Waals surface area contributed by atoms with E-state index in [9.17, 15) is 0 Å². The highest BCUT2D eigenvalue weighted by molar-refractivity contribution is 7.10. The summed E-state index contributed by atoms with van der Waals surface area (Å²) in [5.74, 6) is 1.35. The van der Waals surface area contributed by atoms with Crippen LogP contribution in [-0.4, -0.2) is 20.2 Å². The van der Waals surface area contributed by atoms with Crippen molar-refractivity contribution in [2.24, 2.45) is 0 Å². The highest BCUT2D eigenvalue weighted by atomic mass is 35.5. The number of fused-ring (bicyclic) bond motifs is 1. The maximum atomic E-state index is 6.12. The van der Waals surface area contributed by atoms with Gasteiger partial charge in [-0.1, -0.05) is 42.5 Å². The topological polar surface area (TPSA) is 21.3 Å². The van der Waals surface area contributed by atoms with Crippen LogP contribution < -0.4 is 10.1 Å². The van der Waals surface area contributed by atoms with Gasteiger partial charge in [0, 0.05) is 22.7 Å². The Bertz CT molecular complexity index is 694. The van der Waals surface area contributed by atoms with E-state index >= 15 is 0 Å². The van der Waals surface area contributed by atoms with Gasteiger partial charge in [0.15, 0.2) is 0 Å². The summed E-state index contributed by atoms with van der Waals surface area (Å²) >= 11 is 1.79. The highest BCUT2D eigenvalue weighted by Gasteiger charge is 2.13. The zero-order valence-corrected chi connectivity index (χ0v) is 14.1. The predicted octanol–water partition coefficient (Wildman–Crippen LogP) is 4.71. The van der Waals surface area contributed by atoms with Crippen molar-refractivity contribution in [1.82, 2.24) is 5.32 Å². The molecule has 22 heavy (non-hydrogen) atoms. The molecule has 4 heteroatoms. The molecule has 0 radical (unpaired) electrons. The van der Waals surface area contributed by atoms with Gasteiger partial charge < -0.3 is 10.1 Å². The molecule has 0 aliphatic rings. The van der Waals surface area contributed by atoms with Gasteiger partial charge >= 0.3 is 0 Å². The quantitative estimate of drug-likeness (QED) is 0.705. The second-order valence-electron chi connectivity index (χ2n) is 5.06. The fraction of sp³-hybridized carbons (Fsp3) is 0.222. The van der Waals surface area contributed by atoms with E-state index in [1.54, 1.807) is 11.3 Å². The van der Waals surface area contributed by atoms with E-state index < -0.39 is 0 Å². The molecule has 0 unspecified atom stereocenters. The van der Waals surface area contributed by atoms with Crippen molar-refractivity contribution in [3.05, 3.63) is 64.9 Å². The molecule has 0 fully saturated rings. The minimum Gasteiger partial charge on any atom is -0.492 e. The minimum absolute atomic E-state index is 0. The summed E-state index contributed by atoms with van der Waals surface area (Å²) in [5.41, 5.74) is 0. The molecule has 116 valence electrons. The number of nitrogens with one attached hydrogen (secondary N) is 1. The molecule has 0 aliphatic carbocycles. The summed E-state index contributed by atoms with van der Waals surface area (Å²) in [7, 11) is 1.98. The van der Waals surface area contributed by atoms with Crippen LogP contribution in [0.25, 0.3) is 10.8 Å². The normalized spacial score (nSPS) is 11.9. The maximum absolute atomic E-state index is 6.12. The van der Waals surface area contributed by atoms with Crippen LogP contribution in [0.5, 0.6) is 5.75 Å². The van der Waals surface area contributed by atoms with E-state index in [1.165, 1.54) is 15.6 Å².